The molecule has 0 aliphatic carbocycles. The van der Waals surface area contributed by atoms with Crippen molar-refractivity contribution in [2.45, 2.75) is 13.8 Å². The summed E-state index contributed by atoms with van der Waals surface area (Å²) in [7, 11) is 0. The second-order valence-corrected chi connectivity index (χ2v) is 4.61. The predicted molar refractivity (Wildman–Crippen MR) is 93.5 cm³/mol. The Balaban J connectivity index is 3.08. The number of hydrogen-bond acceptors (Lipinski definition) is 0. The Hall–Kier alpha value is -2.34. The zero-order valence-corrected chi connectivity index (χ0v) is 12.2. The lowest BCUT2D eigenvalue weighted by Crippen LogP contribution is -1.94. The summed E-state index contributed by atoms with van der Waals surface area (Å²) in [5, 5.41) is 2.44. The van der Waals surface area contributed by atoms with Crippen LogP contribution in [0.1, 0.15) is 36.1 Å². The van der Waals surface area contributed by atoms with Crippen LogP contribution in [-0.4, -0.2) is 0 Å². The van der Waals surface area contributed by atoms with Crippen LogP contribution in [0.3, 0.4) is 0 Å². The third-order valence-electron chi connectivity index (χ3n) is 3.45. The van der Waals surface area contributed by atoms with Crippen LogP contribution in [0.2, 0.25) is 0 Å². The van der Waals surface area contributed by atoms with Gasteiger partial charge in [0.25, 0.3) is 0 Å². The van der Waals surface area contributed by atoms with Gasteiger partial charge in [0.15, 0.2) is 0 Å². The fourth-order valence-electron chi connectivity index (χ4n) is 2.67. The SMILES string of the molecule is C=Cc1c(/C=C\C)c(/C=C\C)c(C=C)c2ccccc12. The van der Waals surface area contributed by atoms with Crippen LogP contribution < -0.4 is 0 Å². The molecule has 2 rings (SSSR count). The van der Waals surface area contributed by atoms with Crippen molar-refractivity contribution in [3.8, 4) is 0 Å². The molecular formula is C20H20. The van der Waals surface area contributed by atoms with E-state index in [0.29, 0.717) is 0 Å². The van der Waals surface area contributed by atoms with E-state index in [2.05, 4.69) is 61.7 Å². The van der Waals surface area contributed by atoms with Crippen LogP contribution in [0, 0.1) is 0 Å². The van der Waals surface area contributed by atoms with E-state index in [1.165, 1.54) is 33.0 Å². The van der Waals surface area contributed by atoms with Crippen molar-refractivity contribution in [1.82, 2.24) is 0 Å². The van der Waals surface area contributed by atoms with E-state index >= 15 is 0 Å². The highest BCUT2D eigenvalue weighted by Crippen LogP contribution is 2.34. The van der Waals surface area contributed by atoms with Gasteiger partial charge in [0.2, 0.25) is 0 Å². The lowest BCUT2D eigenvalue weighted by atomic mass is 9.88. The Morgan fingerprint density at radius 2 is 1.10 bits per heavy atom. The zero-order chi connectivity index (χ0) is 14.5. The van der Waals surface area contributed by atoms with Crippen molar-refractivity contribution in [2.24, 2.45) is 0 Å². The van der Waals surface area contributed by atoms with Crippen molar-refractivity contribution in [3.63, 3.8) is 0 Å². The molecule has 0 amide bonds. The summed E-state index contributed by atoms with van der Waals surface area (Å²) in [5.41, 5.74) is 4.76. The third-order valence-corrected chi connectivity index (χ3v) is 3.45. The molecule has 0 unspecified atom stereocenters. The predicted octanol–water partition coefficient (Wildman–Crippen LogP) is 6.19. The molecule has 2 aromatic rings. The average molecular weight is 260 g/mol. The molecule has 0 spiro atoms. The van der Waals surface area contributed by atoms with Crippen molar-refractivity contribution in [2.75, 3.05) is 0 Å². The summed E-state index contributed by atoms with van der Waals surface area (Å²) >= 11 is 0. The van der Waals surface area contributed by atoms with Gasteiger partial charge in [0.05, 0.1) is 0 Å². The average Bonchev–Trinajstić information content (AvgIpc) is 2.48. The molecule has 0 nitrogen and oxygen atoms in total. The smallest absolute Gasteiger partial charge is 0.00992 e. The first kappa shape index (κ1) is 14.1. The van der Waals surface area contributed by atoms with Crippen molar-refractivity contribution in [1.29, 1.82) is 0 Å². The second kappa shape index (κ2) is 6.21. The van der Waals surface area contributed by atoms with Gasteiger partial charge in [0.1, 0.15) is 0 Å². The molecule has 0 fully saturated rings. The van der Waals surface area contributed by atoms with Gasteiger partial charge in [-0.15, -0.1) is 0 Å². The molecule has 0 aromatic heterocycles. The van der Waals surface area contributed by atoms with Crippen LogP contribution in [-0.2, 0) is 0 Å². The summed E-state index contributed by atoms with van der Waals surface area (Å²) in [6, 6.07) is 8.42. The Morgan fingerprint density at radius 3 is 1.40 bits per heavy atom. The fourth-order valence-corrected chi connectivity index (χ4v) is 2.67. The largest absolute Gasteiger partial charge is 0.0984 e. The summed E-state index contributed by atoms with van der Waals surface area (Å²) in [5.74, 6) is 0. The molecule has 0 saturated carbocycles. The zero-order valence-electron chi connectivity index (χ0n) is 12.2. The summed E-state index contributed by atoms with van der Waals surface area (Å²) in [6.07, 6.45) is 12.3. The maximum absolute atomic E-state index is 4.00. The summed E-state index contributed by atoms with van der Waals surface area (Å²) in [6.45, 7) is 12.1. The van der Waals surface area contributed by atoms with Crippen molar-refractivity contribution < 1.29 is 0 Å². The third kappa shape index (κ3) is 2.25. The van der Waals surface area contributed by atoms with E-state index in [9.17, 15) is 0 Å². The van der Waals surface area contributed by atoms with Gasteiger partial charge in [-0.25, -0.2) is 0 Å². The quantitative estimate of drug-likeness (QED) is 0.614. The van der Waals surface area contributed by atoms with Gasteiger partial charge in [-0.3, -0.25) is 0 Å². The lowest BCUT2D eigenvalue weighted by Gasteiger charge is -2.15. The molecule has 2 aromatic carbocycles. The molecular weight excluding hydrogens is 240 g/mol. The number of hydrogen-bond donors (Lipinski definition) is 0. The molecule has 0 radical (unpaired) electrons. The highest BCUT2D eigenvalue weighted by Gasteiger charge is 2.12. The van der Waals surface area contributed by atoms with Crippen LogP contribution >= 0.6 is 0 Å². The van der Waals surface area contributed by atoms with Crippen LogP contribution in [0.4, 0.5) is 0 Å². The van der Waals surface area contributed by atoms with Gasteiger partial charge in [0, 0.05) is 0 Å². The van der Waals surface area contributed by atoms with Crippen LogP contribution in [0.25, 0.3) is 35.1 Å². The van der Waals surface area contributed by atoms with E-state index in [4.69, 9.17) is 0 Å². The first-order valence-corrected chi connectivity index (χ1v) is 6.87. The Morgan fingerprint density at radius 1 is 0.700 bits per heavy atom. The molecule has 0 heterocycles. The van der Waals surface area contributed by atoms with E-state index in [1.807, 2.05) is 26.0 Å². The molecule has 0 aliphatic heterocycles. The Labute approximate surface area is 121 Å². The number of allylic oxidation sites excluding steroid dienone is 2. The molecule has 0 heteroatoms. The first-order chi connectivity index (χ1) is 9.78. The summed E-state index contributed by atoms with van der Waals surface area (Å²) < 4.78 is 0. The van der Waals surface area contributed by atoms with Crippen LogP contribution in [0.15, 0.2) is 49.6 Å². The molecule has 100 valence electrons. The minimum Gasteiger partial charge on any atom is -0.0984 e. The van der Waals surface area contributed by atoms with Gasteiger partial charge >= 0.3 is 0 Å². The highest BCUT2D eigenvalue weighted by atomic mass is 14.2. The van der Waals surface area contributed by atoms with Gasteiger partial charge < -0.3 is 0 Å². The van der Waals surface area contributed by atoms with Gasteiger partial charge in [-0.2, -0.15) is 0 Å². The number of benzene rings is 2. The molecule has 20 heavy (non-hydrogen) atoms. The topological polar surface area (TPSA) is 0 Å². The molecule has 0 atom stereocenters. The van der Waals surface area contributed by atoms with Crippen molar-refractivity contribution in [3.05, 3.63) is 71.8 Å². The normalized spacial score (nSPS) is 11.5. The fraction of sp³-hybridized carbons (Fsp3) is 0.100. The number of fused-ring (bicyclic) bond motifs is 1. The van der Waals surface area contributed by atoms with E-state index in [1.54, 1.807) is 0 Å². The number of rotatable bonds is 4. The monoisotopic (exact) mass is 260 g/mol. The van der Waals surface area contributed by atoms with Crippen molar-refractivity contribution >= 4 is 35.1 Å². The minimum atomic E-state index is 1.18. The van der Waals surface area contributed by atoms with Gasteiger partial charge in [-0.1, -0.05) is 73.9 Å². The first-order valence-electron chi connectivity index (χ1n) is 6.87. The Kier molecular flexibility index (Phi) is 4.37. The molecule has 0 bridgehead atoms. The van der Waals surface area contributed by atoms with E-state index in [-0.39, 0.29) is 0 Å². The molecule has 0 saturated heterocycles. The summed E-state index contributed by atoms with van der Waals surface area (Å²) in [4.78, 5) is 0. The van der Waals surface area contributed by atoms with E-state index in [0.717, 1.165) is 0 Å². The standard InChI is InChI=1S/C20H20/c1-5-11-17-15(7-3)19-13-9-10-14-20(19)16(8-4)18(17)12-6-2/h5-14H,3-4H2,1-2H3/b11-5-,12-6-. The molecule has 0 N–H and O–H groups in total. The van der Waals surface area contributed by atoms with Crippen LogP contribution in [0.5, 0.6) is 0 Å². The van der Waals surface area contributed by atoms with Gasteiger partial charge in [-0.05, 0) is 46.9 Å². The Bertz CT molecular complexity index is 650. The highest BCUT2D eigenvalue weighted by molar-refractivity contribution is 6.02. The van der Waals surface area contributed by atoms with E-state index < -0.39 is 0 Å². The lowest BCUT2D eigenvalue weighted by molar-refractivity contribution is 1.58. The molecule has 0 aliphatic rings. The maximum atomic E-state index is 4.00. The minimum absolute atomic E-state index is 1.18. The maximum Gasteiger partial charge on any atom is -0.00992 e. The second-order valence-electron chi connectivity index (χ2n) is 4.61.